The standard InChI is InChI=1S/C60H49N4O/c1-41-17-14-28-56-58(41)64(59-50(43-20-10-6-11-21-43)26-16-27-51(59)44-22-12-7-13-23-44)39-63(56,40-64)47-24-15-25-48(37-47)65-49-30-31-52-53-35-45(42-18-8-5-9-19-42)29-32-54(53)62(55(52)38-49)57-36-46(33-34-61-57)60(2,3)4/h5-39H,40H2,1-4H3/q+1/t63-,64-/m1/s1/i1D3. The molecule has 13 rings (SSSR count). The van der Waals surface area contributed by atoms with Gasteiger partial charge in [-0.1, -0.05) is 142 Å². The zero-order chi connectivity index (χ0) is 46.4. The average Bonchev–Trinajstić information content (AvgIpc) is 3.95. The Morgan fingerprint density at radius 3 is 1.91 bits per heavy atom. The first-order valence-electron chi connectivity index (χ1n) is 23.8. The van der Waals surface area contributed by atoms with E-state index in [4.69, 9.17) is 13.8 Å². The highest BCUT2D eigenvalue weighted by Gasteiger charge is 2.64. The van der Waals surface area contributed by atoms with Crippen LogP contribution in [0.1, 0.15) is 36.0 Å². The lowest BCUT2D eigenvalue weighted by Gasteiger charge is -2.57. The SMILES string of the molecule is [2H]C([2H])([2H])c1cccc2c1[N@@+]1(c3c(-c4ccccc4)cccc3-c3ccccc3)[CH-][N@+]2(c2cccc(Oc3ccc4c5cc(-c6ccccc6)ccc5n(-c5cc(C(C)(C)C)ccn5)c4c3)c2)C1. The van der Waals surface area contributed by atoms with Crippen molar-refractivity contribution in [2.45, 2.75) is 33.0 Å². The maximum atomic E-state index is 8.89. The number of aromatic nitrogens is 2. The summed E-state index contributed by atoms with van der Waals surface area (Å²) < 4.78 is 36.4. The van der Waals surface area contributed by atoms with Gasteiger partial charge in [-0.05, 0) is 101 Å². The van der Waals surface area contributed by atoms with Crippen LogP contribution in [0.5, 0.6) is 11.5 Å². The molecule has 0 spiro atoms. The number of nitrogens with zero attached hydrogens (tertiary/aromatic N) is 4. The quantitative estimate of drug-likeness (QED) is 0.113. The molecule has 2 aromatic heterocycles. The molecule has 5 heterocycles. The van der Waals surface area contributed by atoms with Gasteiger partial charge in [0.2, 0.25) is 0 Å². The predicted molar refractivity (Wildman–Crippen MR) is 270 cm³/mol. The van der Waals surface area contributed by atoms with E-state index in [0.29, 0.717) is 28.2 Å². The molecule has 0 N–H and O–H groups in total. The molecule has 0 radical (unpaired) electrons. The van der Waals surface area contributed by atoms with E-state index in [1.165, 1.54) is 5.56 Å². The number of ether oxygens (including phenoxy) is 1. The first-order chi connectivity index (χ1) is 32.9. The van der Waals surface area contributed by atoms with E-state index in [0.717, 1.165) is 83.8 Å². The highest BCUT2D eigenvalue weighted by molar-refractivity contribution is 6.11. The van der Waals surface area contributed by atoms with Gasteiger partial charge in [0, 0.05) is 56.0 Å². The van der Waals surface area contributed by atoms with Crippen LogP contribution in [0.15, 0.2) is 206 Å². The van der Waals surface area contributed by atoms with Crippen molar-refractivity contribution < 1.29 is 8.85 Å². The van der Waals surface area contributed by atoms with Gasteiger partial charge in [0.05, 0.1) is 17.7 Å². The molecule has 5 heteroatoms. The van der Waals surface area contributed by atoms with Gasteiger partial charge in [-0.2, -0.15) is 0 Å². The van der Waals surface area contributed by atoms with Crippen LogP contribution < -0.4 is 13.7 Å². The second kappa shape index (κ2) is 14.7. The van der Waals surface area contributed by atoms with E-state index >= 15 is 0 Å². The highest BCUT2D eigenvalue weighted by atomic mass is 16.5. The Morgan fingerprint density at radius 1 is 0.554 bits per heavy atom. The monoisotopic (exact) mass is 844 g/mol. The number of hydrogen-bond acceptors (Lipinski definition) is 2. The molecular formula is C60H49N4O+. The van der Waals surface area contributed by atoms with Crippen LogP contribution in [0.25, 0.3) is 61.0 Å². The van der Waals surface area contributed by atoms with Crippen molar-refractivity contribution in [1.29, 1.82) is 0 Å². The smallest absolute Gasteiger partial charge is 0.186 e. The Kier molecular flexibility index (Phi) is 8.13. The average molecular weight is 845 g/mol. The van der Waals surface area contributed by atoms with Crippen LogP contribution >= 0.6 is 0 Å². The molecule has 1 fully saturated rings. The molecule has 314 valence electrons. The van der Waals surface area contributed by atoms with E-state index in [2.05, 4.69) is 190 Å². The van der Waals surface area contributed by atoms with Gasteiger partial charge < -0.3 is 4.74 Å². The summed E-state index contributed by atoms with van der Waals surface area (Å²) in [6, 6.07) is 69.2. The fourth-order valence-electron chi connectivity index (χ4n) is 10.5. The second-order valence-electron chi connectivity index (χ2n) is 18.5. The van der Waals surface area contributed by atoms with Crippen molar-refractivity contribution in [1.82, 2.24) is 18.5 Å². The Balaban J connectivity index is 0.985. The fourth-order valence-corrected chi connectivity index (χ4v) is 10.5. The van der Waals surface area contributed by atoms with Crippen LogP contribution in [0.2, 0.25) is 0 Å². The summed E-state index contributed by atoms with van der Waals surface area (Å²) in [7, 11) is 0. The van der Waals surface area contributed by atoms with Crippen molar-refractivity contribution in [3.8, 4) is 50.7 Å². The largest absolute Gasteiger partial charge is 0.457 e. The minimum atomic E-state index is -2.35. The Morgan fingerprint density at radius 2 is 1.22 bits per heavy atom. The van der Waals surface area contributed by atoms with Crippen molar-refractivity contribution >= 4 is 44.6 Å². The van der Waals surface area contributed by atoms with Gasteiger partial charge >= 0.3 is 0 Å². The summed E-state index contributed by atoms with van der Waals surface area (Å²) in [5.74, 6) is 2.23. The number of hydrogen-bond donors (Lipinski definition) is 0. The van der Waals surface area contributed by atoms with Crippen LogP contribution in [0.3, 0.4) is 0 Å². The van der Waals surface area contributed by atoms with E-state index in [9.17, 15) is 0 Å². The van der Waals surface area contributed by atoms with Crippen molar-refractivity contribution in [2.24, 2.45) is 0 Å². The van der Waals surface area contributed by atoms with Gasteiger partial charge in [0.25, 0.3) is 0 Å². The maximum Gasteiger partial charge on any atom is 0.186 e. The molecule has 10 aromatic rings. The molecule has 0 amide bonds. The summed E-state index contributed by atoms with van der Waals surface area (Å²) in [5.41, 5.74) is 14.0. The Bertz CT molecular complexity index is 3510. The molecule has 3 aliphatic rings. The number of rotatable bonds is 8. The maximum absolute atomic E-state index is 8.89. The van der Waals surface area contributed by atoms with Gasteiger partial charge in [0.1, 0.15) is 28.7 Å². The van der Waals surface area contributed by atoms with Crippen molar-refractivity contribution in [2.75, 3.05) is 6.67 Å². The van der Waals surface area contributed by atoms with Gasteiger partial charge in [-0.3, -0.25) is 13.5 Å². The van der Waals surface area contributed by atoms with E-state index < -0.39 is 6.85 Å². The molecule has 0 aliphatic carbocycles. The summed E-state index contributed by atoms with van der Waals surface area (Å²) in [4.78, 5) is 4.95. The lowest BCUT2D eigenvalue weighted by molar-refractivity contribution is 0.187. The van der Waals surface area contributed by atoms with E-state index in [-0.39, 0.29) is 9.90 Å². The van der Waals surface area contributed by atoms with Crippen molar-refractivity contribution in [3.63, 3.8) is 0 Å². The Hall–Kier alpha value is -7.57. The molecule has 8 aromatic carbocycles. The predicted octanol–water partition coefficient (Wildman–Crippen LogP) is 16.0. The number of quaternary nitrogens is 2. The summed E-state index contributed by atoms with van der Waals surface area (Å²) in [5, 5.41) is 2.24. The zero-order valence-corrected chi connectivity index (χ0v) is 36.6. The molecular weight excluding hydrogens is 793 g/mol. The molecule has 3 aliphatic heterocycles. The molecule has 5 nitrogen and oxygen atoms in total. The van der Waals surface area contributed by atoms with Crippen LogP contribution in [-0.4, -0.2) is 16.2 Å². The van der Waals surface area contributed by atoms with Gasteiger partial charge in [-0.25, -0.2) is 4.98 Å². The fraction of sp³-hybridized carbons (Fsp3) is 0.100. The van der Waals surface area contributed by atoms with E-state index in [1.54, 1.807) is 6.07 Å². The summed E-state index contributed by atoms with van der Waals surface area (Å²) in [6.07, 6.45) is 1.91. The lowest BCUT2D eigenvalue weighted by atomic mass is 9.88. The first-order valence-corrected chi connectivity index (χ1v) is 22.3. The molecule has 65 heavy (non-hydrogen) atoms. The molecule has 2 atom stereocenters. The van der Waals surface area contributed by atoms with Crippen LogP contribution in [0, 0.1) is 13.5 Å². The number of pyridine rings is 1. The number of para-hydroxylation sites is 2. The van der Waals surface area contributed by atoms with Gasteiger partial charge in [-0.15, -0.1) is 0 Å². The number of aryl methyl sites for hydroxylation is 1. The van der Waals surface area contributed by atoms with Crippen LogP contribution in [-0.2, 0) is 5.41 Å². The summed E-state index contributed by atoms with van der Waals surface area (Å²) in [6.45, 7) is 7.22. The zero-order valence-electron chi connectivity index (χ0n) is 39.6. The molecule has 2 bridgehead atoms. The second-order valence-corrected chi connectivity index (χ2v) is 18.5. The van der Waals surface area contributed by atoms with Crippen molar-refractivity contribution in [3.05, 3.63) is 224 Å². The molecule has 0 saturated carbocycles. The van der Waals surface area contributed by atoms with E-state index in [1.807, 2.05) is 42.6 Å². The topological polar surface area (TPSA) is 27.1 Å². The molecule has 0 unspecified atom stereocenters. The lowest BCUT2D eigenvalue weighted by Crippen LogP contribution is -2.67. The first kappa shape index (κ1) is 35.8. The van der Waals surface area contributed by atoms with Gasteiger partial charge in [0.15, 0.2) is 18.0 Å². The Labute approximate surface area is 385 Å². The normalized spacial score (nSPS) is 18.4. The minimum absolute atomic E-state index is 0.0613. The minimum Gasteiger partial charge on any atom is -0.457 e. The third-order valence-corrected chi connectivity index (χ3v) is 13.5. The summed E-state index contributed by atoms with van der Waals surface area (Å²) >= 11 is 0. The third-order valence-electron chi connectivity index (χ3n) is 13.5. The number of benzene rings is 8. The molecule has 1 saturated heterocycles. The number of fused-ring (bicyclic) bond motifs is 3. The highest BCUT2D eigenvalue weighted by Crippen LogP contribution is 2.68. The van der Waals surface area contributed by atoms with Crippen LogP contribution in [0.4, 0.5) is 22.7 Å². The third kappa shape index (κ3) is 6.18.